The van der Waals surface area contributed by atoms with E-state index in [0.29, 0.717) is 5.56 Å². The van der Waals surface area contributed by atoms with Crippen molar-refractivity contribution >= 4 is 33.5 Å². The van der Waals surface area contributed by atoms with E-state index in [2.05, 4.69) is 21.2 Å². The molecule has 0 spiro atoms. The molecule has 0 saturated carbocycles. The highest BCUT2D eigenvalue weighted by atomic mass is 79.9. The summed E-state index contributed by atoms with van der Waals surface area (Å²) >= 11 is 3.36. The molecular weight excluding hydrogens is 322 g/mol. The Balaban J connectivity index is 2.28. The zero-order valence-corrected chi connectivity index (χ0v) is 12.3. The third-order valence-corrected chi connectivity index (χ3v) is 3.69. The lowest BCUT2D eigenvalue weighted by atomic mass is 10.1. The molecule has 20 heavy (non-hydrogen) atoms. The van der Waals surface area contributed by atoms with Crippen LogP contribution in [-0.2, 0) is 0 Å². The first-order valence-corrected chi connectivity index (χ1v) is 6.68. The van der Waals surface area contributed by atoms with Gasteiger partial charge in [-0.1, -0.05) is 34.1 Å². The van der Waals surface area contributed by atoms with Gasteiger partial charge < -0.3 is 10.4 Å². The number of hydrogen-bond acceptors (Lipinski definition) is 2. The van der Waals surface area contributed by atoms with Gasteiger partial charge >= 0.3 is 5.97 Å². The molecule has 0 unspecified atom stereocenters. The van der Waals surface area contributed by atoms with Crippen LogP contribution in [0.3, 0.4) is 0 Å². The van der Waals surface area contributed by atoms with Crippen LogP contribution in [0, 0.1) is 6.92 Å². The van der Waals surface area contributed by atoms with Gasteiger partial charge in [-0.05, 0) is 36.8 Å². The number of rotatable bonds is 3. The first-order chi connectivity index (χ1) is 9.49. The molecule has 0 bridgehead atoms. The Hall–Kier alpha value is -2.14. The average Bonchev–Trinajstić information content (AvgIpc) is 2.42. The van der Waals surface area contributed by atoms with E-state index in [4.69, 9.17) is 5.11 Å². The number of para-hydroxylation sites is 1. The molecule has 5 heteroatoms. The van der Waals surface area contributed by atoms with Crippen LogP contribution in [-0.4, -0.2) is 17.0 Å². The molecule has 0 heterocycles. The fraction of sp³-hybridized carbons (Fsp3) is 0.0667. The Morgan fingerprint density at radius 1 is 1.15 bits per heavy atom. The minimum absolute atomic E-state index is 0.0621. The number of anilines is 1. The van der Waals surface area contributed by atoms with Crippen molar-refractivity contribution in [1.82, 2.24) is 0 Å². The highest BCUT2D eigenvalue weighted by molar-refractivity contribution is 9.10. The normalized spacial score (nSPS) is 10.1. The second kappa shape index (κ2) is 5.88. The maximum absolute atomic E-state index is 12.1. The van der Waals surface area contributed by atoms with E-state index in [-0.39, 0.29) is 17.2 Å². The molecule has 0 atom stereocenters. The number of carboxylic acids is 1. The summed E-state index contributed by atoms with van der Waals surface area (Å²) in [6.45, 7) is 1.92. The lowest BCUT2D eigenvalue weighted by molar-refractivity contribution is 0.0698. The number of nitrogens with one attached hydrogen (secondary N) is 1. The monoisotopic (exact) mass is 333 g/mol. The number of carbonyl (C=O) groups excluding carboxylic acids is 1. The number of aromatic carboxylic acids is 1. The molecule has 2 N–H and O–H groups in total. The van der Waals surface area contributed by atoms with Gasteiger partial charge in [-0.15, -0.1) is 0 Å². The molecule has 0 radical (unpaired) electrons. The topological polar surface area (TPSA) is 66.4 Å². The van der Waals surface area contributed by atoms with Crippen LogP contribution in [0.2, 0.25) is 0 Å². The fourth-order valence-electron chi connectivity index (χ4n) is 1.71. The smallest absolute Gasteiger partial charge is 0.337 e. The summed E-state index contributed by atoms with van der Waals surface area (Å²) in [5.41, 5.74) is 1.82. The summed E-state index contributed by atoms with van der Waals surface area (Å²) < 4.78 is 0.830. The molecule has 0 aliphatic heterocycles. The van der Waals surface area contributed by atoms with Crippen molar-refractivity contribution in [3.05, 3.63) is 63.6 Å². The van der Waals surface area contributed by atoms with E-state index >= 15 is 0 Å². The Morgan fingerprint density at radius 2 is 1.85 bits per heavy atom. The minimum atomic E-state index is -1.08. The quantitative estimate of drug-likeness (QED) is 0.899. The molecule has 1 amide bonds. The predicted octanol–water partition coefficient (Wildman–Crippen LogP) is 3.71. The molecular formula is C15H12BrNO3. The van der Waals surface area contributed by atoms with E-state index in [1.54, 1.807) is 30.3 Å². The molecule has 2 aromatic rings. The summed E-state index contributed by atoms with van der Waals surface area (Å²) in [7, 11) is 0. The largest absolute Gasteiger partial charge is 0.478 e. The number of benzene rings is 2. The highest BCUT2D eigenvalue weighted by Gasteiger charge is 2.13. The van der Waals surface area contributed by atoms with Crippen LogP contribution in [0.15, 0.2) is 46.9 Å². The lowest BCUT2D eigenvalue weighted by Gasteiger charge is -2.09. The lowest BCUT2D eigenvalue weighted by Crippen LogP contribution is -2.14. The zero-order chi connectivity index (χ0) is 14.7. The number of carbonyl (C=O) groups is 2. The van der Waals surface area contributed by atoms with Gasteiger partial charge in [0.15, 0.2) is 0 Å². The van der Waals surface area contributed by atoms with E-state index < -0.39 is 5.97 Å². The first kappa shape index (κ1) is 14.3. The van der Waals surface area contributed by atoms with Gasteiger partial charge in [-0.2, -0.15) is 0 Å². The fourth-order valence-corrected chi connectivity index (χ4v) is 2.09. The number of carboxylic acid groups (broad SMARTS) is 1. The zero-order valence-electron chi connectivity index (χ0n) is 10.7. The molecule has 102 valence electrons. The van der Waals surface area contributed by atoms with Crippen molar-refractivity contribution in [3.63, 3.8) is 0 Å². The maximum Gasteiger partial charge on any atom is 0.337 e. The third-order valence-electron chi connectivity index (χ3n) is 2.84. The average molecular weight is 334 g/mol. The number of amides is 1. The van der Waals surface area contributed by atoms with Crippen molar-refractivity contribution in [2.24, 2.45) is 0 Å². The van der Waals surface area contributed by atoms with Crippen molar-refractivity contribution in [2.45, 2.75) is 6.92 Å². The summed E-state index contributed by atoms with van der Waals surface area (Å²) in [6.07, 6.45) is 0. The van der Waals surface area contributed by atoms with Crippen LogP contribution in [0.25, 0.3) is 0 Å². The summed E-state index contributed by atoms with van der Waals surface area (Å²) in [4.78, 5) is 23.2. The van der Waals surface area contributed by atoms with Crippen molar-refractivity contribution in [1.29, 1.82) is 0 Å². The van der Waals surface area contributed by atoms with Crippen LogP contribution < -0.4 is 5.32 Å². The second-order valence-corrected chi connectivity index (χ2v) is 5.12. The summed E-state index contributed by atoms with van der Waals surface area (Å²) in [5, 5.41) is 11.7. The van der Waals surface area contributed by atoms with Crippen LogP contribution in [0.4, 0.5) is 5.69 Å². The van der Waals surface area contributed by atoms with Gasteiger partial charge in [0.05, 0.1) is 11.3 Å². The Kier molecular flexibility index (Phi) is 4.20. The molecule has 2 rings (SSSR count). The molecule has 0 aliphatic rings. The SMILES string of the molecule is Cc1ccc(C(=O)Nc2ccccc2C(=O)O)cc1Br. The highest BCUT2D eigenvalue weighted by Crippen LogP contribution is 2.20. The molecule has 0 aliphatic carbocycles. The third kappa shape index (κ3) is 3.05. The Labute approximate surface area is 124 Å². The van der Waals surface area contributed by atoms with Gasteiger partial charge in [-0.3, -0.25) is 4.79 Å². The molecule has 2 aromatic carbocycles. The van der Waals surface area contributed by atoms with E-state index in [1.165, 1.54) is 6.07 Å². The predicted molar refractivity (Wildman–Crippen MR) is 80.2 cm³/mol. The van der Waals surface area contributed by atoms with Gasteiger partial charge in [0, 0.05) is 10.0 Å². The number of hydrogen-bond donors (Lipinski definition) is 2. The Bertz CT molecular complexity index is 683. The molecule has 0 fully saturated rings. The molecule has 0 saturated heterocycles. The minimum Gasteiger partial charge on any atom is -0.478 e. The van der Waals surface area contributed by atoms with Crippen LogP contribution >= 0.6 is 15.9 Å². The number of aryl methyl sites for hydroxylation is 1. The second-order valence-electron chi connectivity index (χ2n) is 4.27. The van der Waals surface area contributed by atoms with E-state index in [9.17, 15) is 9.59 Å². The Morgan fingerprint density at radius 3 is 2.50 bits per heavy atom. The number of halogens is 1. The van der Waals surface area contributed by atoms with Crippen LogP contribution in [0.5, 0.6) is 0 Å². The summed E-state index contributed by atoms with van der Waals surface area (Å²) in [6, 6.07) is 11.5. The van der Waals surface area contributed by atoms with Crippen molar-refractivity contribution in [3.8, 4) is 0 Å². The van der Waals surface area contributed by atoms with Gasteiger partial charge in [0.1, 0.15) is 0 Å². The first-order valence-electron chi connectivity index (χ1n) is 5.89. The molecule has 4 nitrogen and oxygen atoms in total. The van der Waals surface area contributed by atoms with E-state index in [1.807, 2.05) is 13.0 Å². The summed E-state index contributed by atoms with van der Waals surface area (Å²) in [5.74, 6) is -1.43. The van der Waals surface area contributed by atoms with Crippen molar-refractivity contribution < 1.29 is 14.7 Å². The van der Waals surface area contributed by atoms with Gasteiger partial charge in [-0.25, -0.2) is 4.79 Å². The van der Waals surface area contributed by atoms with Gasteiger partial charge in [0.25, 0.3) is 5.91 Å². The molecule has 0 aromatic heterocycles. The van der Waals surface area contributed by atoms with Crippen LogP contribution in [0.1, 0.15) is 26.3 Å². The standard InChI is InChI=1S/C15H12BrNO3/c1-9-6-7-10(8-12(9)16)14(18)17-13-5-3-2-4-11(13)15(19)20/h2-8H,1H3,(H,17,18)(H,19,20). The van der Waals surface area contributed by atoms with E-state index in [0.717, 1.165) is 10.0 Å². The maximum atomic E-state index is 12.1. The van der Waals surface area contributed by atoms with Crippen molar-refractivity contribution in [2.75, 3.05) is 5.32 Å². The van der Waals surface area contributed by atoms with Gasteiger partial charge in [0.2, 0.25) is 0 Å².